The van der Waals surface area contributed by atoms with Crippen molar-refractivity contribution in [3.05, 3.63) is 23.5 Å². The van der Waals surface area contributed by atoms with E-state index in [-0.39, 0.29) is 11.6 Å². The van der Waals surface area contributed by atoms with E-state index < -0.39 is 0 Å². The maximum Gasteiger partial charge on any atom is 0.171 e. The molecule has 0 saturated heterocycles. The van der Waals surface area contributed by atoms with Crippen LogP contribution in [0.1, 0.15) is 19.4 Å². The van der Waals surface area contributed by atoms with Gasteiger partial charge in [0.1, 0.15) is 5.75 Å². The normalized spacial score (nSPS) is 10.5. The molecule has 0 amide bonds. The Labute approximate surface area is 90.0 Å². The summed E-state index contributed by atoms with van der Waals surface area (Å²) in [5.74, 6) is 0.916. The van der Waals surface area contributed by atoms with Crippen LogP contribution < -0.4 is 9.47 Å². The summed E-state index contributed by atoms with van der Waals surface area (Å²) >= 11 is 0. The predicted molar refractivity (Wildman–Crippen MR) is 58.0 cm³/mol. The third-order valence-corrected chi connectivity index (χ3v) is 2.22. The molecule has 0 unspecified atom stereocenters. The zero-order chi connectivity index (χ0) is 11.4. The van der Waals surface area contributed by atoms with Crippen LogP contribution in [0.3, 0.4) is 0 Å². The fraction of sp³-hybridized carbons (Fsp3) is 0.500. The van der Waals surface area contributed by atoms with Crippen LogP contribution in [0.4, 0.5) is 4.39 Å². The molecule has 0 N–H and O–H groups in total. The van der Waals surface area contributed by atoms with Gasteiger partial charge in [0, 0.05) is 5.56 Å². The second-order valence-electron chi connectivity index (χ2n) is 3.86. The third kappa shape index (κ3) is 2.61. The summed E-state index contributed by atoms with van der Waals surface area (Å²) in [5.41, 5.74) is 0.590. The number of benzene rings is 1. The highest BCUT2D eigenvalue weighted by Crippen LogP contribution is 2.30. The zero-order valence-electron chi connectivity index (χ0n) is 9.63. The molecule has 0 heterocycles. The lowest BCUT2D eigenvalue weighted by atomic mass is 10.0. The molecular formula is C12H17FO2. The fourth-order valence-electron chi connectivity index (χ4n) is 1.53. The molecule has 0 bridgehead atoms. The maximum atomic E-state index is 13.9. The number of methoxy groups -OCH3 is 2. The highest BCUT2D eigenvalue weighted by atomic mass is 19.1. The lowest BCUT2D eigenvalue weighted by molar-refractivity contribution is 0.368. The molecule has 0 radical (unpaired) electrons. The monoisotopic (exact) mass is 212 g/mol. The third-order valence-electron chi connectivity index (χ3n) is 2.22. The SMILES string of the molecule is COc1ccc(OC)c(CC(C)C)c1F. The smallest absolute Gasteiger partial charge is 0.171 e. The van der Waals surface area contributed by atoms with E-state index >= 15 is 0 Å². The van der Waals surface area contributed by atoms with E-state index in [2.05, 4.69) is 0 Å². The fourth-order valence-corrected chi connectivity index (χ4v) is 1.53. The first kappa shape index (κ1) is 11.8. The zero-order valence-corrected chi connectivity index (χ0v) is 9.63. The number of hydrogen-bond acceptors (Lipinski definition) is 2. The van der Waals surface area contributed by atoms with E-state index in [4.69, 9.17) is 9.47 Å². The molecule has 1 aromatic carbocycles. The van der Waals surface area contributed by atoms with Crippen molar-refractivity contribution >= 4 is 0 Å². The van der Waals surface area contributed by atoms with Crippen molar-refractivity contribution in [1.82, 2.24) is 0 Å². The average Bonchev–Trinajstić information content (AvgIpc) is 2.20. The standard InChI is InChI=1S/C12H17FO2/c1-8(2)7-9-10(14-3)5-6-11(15-4)12(9)13/h5-6,8H,7H2,1-4H3. The molecule has 2 nitrogen and oxygen atoms in total. The van der Waals surface area contributed by atoms with Crippen molar-refractivity contribution in [2.24, 2.45) is 5.92 Å². The molecule has 15 heavy (non-hydrogen) atoms. The Morgan fingerprint density at radius 1 is 1.13 bits per heavy atom. The van der Waals surface area contributed by atoms with E-state index in [1.54, 1.807) is 19.2 Å². The van der Waals surface area contributed by atoms with Gasteiger partial charge in [-0.15, -0.1) is 0 Å². The molecule has 0 atom stereocenters. The molecule has 3 heteroatoms. The van der Waals surface area contributed by atoms with Gasteiger partial charge in [-0.25, -0.2) is 4.39 Å². The van der Waals surface area contributed by atoms with Crippen LogP contribution in [0, 0.1) is 11.7 Å². The minimum atomic E-state index is -0.314. The molecule has 1 aromatic rings. The first-order chi connectivity index (χ1) is 7.10. The molecular weight excluding hydrogens is 195 g/mol. The Morgan fingerprint density at radius 3 is 2.13 bits per heavy atom. The molecule has 1 rings (SSSR count). The van der Waals surface area contributed by atoms with Crippen LogP contribution in [-0.2, 0) is 6.42 Å². The van der Waals surface area contributed by atoms with Crippen molar-refractivity contribution in [3.8, 4) is 11.5 Å². The summed E-state index contributed by atoms with van der Waals surface area (Å²) < 4.78 is 23.9. The van der Waals surface area contributed by atoms with Gasteiger partial charge in [0.2, 0.25) is 0 Å². The highest BCUT2D eigenvalue weighted by Gasteiger charge is 2.15. The van der Waals surface area contributed by atoms with E-state index in [1.165, 1.54) is 7.11 Å². The minimum absolute atomic E-state index is 0.270. The van der Waals surface area contributed by atoms with Crippen LogP contribution in [0.25, 0.3) is 0 Å². The van der Waals surface area contributed by atoms with Gasteiger partial charge in [-0.2, -0.15) is 0 Å². The van der Waals surface area contributed by atoms with E-state index in [9.17, 15) is 4.39 Å². The van der Waals surface area contributed by atoms with Gasteiger partial charge in [0.15, 0.2) is 11.6 Å². The van der Waals surface area contributed by atoms with E-state index in [0.717, 1.165) is 0 Å². The summed E-state index contributed by atoms with van der Waals surface area (Å²) in [7, 11) is 3.01. The summed E-state index contributed by atoms with van der Waals surface area (Å²) in [6.45, 7) is 4.08. The summed E-state index contributed by atoms with van der Waals surface area (Å²) in [5, 5.41) is 0. The lowest BCUT2D eigenvalue weighted by Crippen LogP contribution is -2.03. The Hall–Kier alpha value is -1.25. The van der Waals surface area contributed by atoms with Gasteiger partial charge < -0.3 is 9.47 Å². The van der Waals surface area contributed by atoms with Crippen molar-refractivity contribution in [1.29, 1.82) is 0 Å². The van der Waals surface area contributed by atoms with Crippen LogP contribution in [0.15, 0.2) is 12.1 Å². The highest BCUT2D eigenvalue weighted by molar-refractivity contribution is 5.42. The first-order valence-corrected chi connectivity index (χ1v) is 4.99. The largest absolute Gasteiger partial charge is 0.496 e. The molecule has 0 aliphatic rings. The van der Waals surface area contributed by atoms with Crippen molar-refractivity contribution in [2.75, 3.05) is 14.2 Å². The van der Waals surface area contributed by atoms with Crippen molar-refractivity contribution in [3.63, 3.8) is 0 Å². The lowest BCUT2D eigenvalue weighted by Gasteiger charge is -2.13. The Bertz CT molecular complexity index is 335. The van der Waals surface area contributed by atoms with Gasteiger partial charge in [-0.1, -0.05) is 13.8 Å². The minimum Gasteiger partial charge on any atom is -0.496 e. The number of rotatable bonds is 4. The van der Waals surface area contributed by atoms with Crippen molar-refractivity contribution in [2.45, 2.75) is 20.3 Å². The second-order valence-corrected chi connectivity index (χ2v) is 3.86. The van der Waals surface area contributed by atoms with Gasteiger partial charge >= 0.3 is 0 Å². The average molecular weight is 212 g/mol. The van der Waals surface area contributed by atoms with Gasteiger partial charge in [-0.3, -0.25) is 0 Å². The number of halogens is 1. The topological polar surface area (TPSA) is 18.5 Å². The van der Waals surface area contributed by atoms with Crippen LogP contribution in [-0.4, -0.2) is 14.2 Å². The predicted octanol–water partition coefficient (Wildman–Crippen LogP) is 3.04. The maximum absolute atomic E-state index is 13.9. The van der Waals surface area contributed by atoms with E-state index in [0.29, 0.717) is 23.7 Å². The quantitative estimate of drug-likeness (QED) is 0.763. The Morgan fingerprint density at radius 2 is 1.67 bits per heavy atom. The van der Waals surface area contributed by atoms with E-state index in [1.807, 2.05) is 13.8 Å². The molecule has 0 spiro atoms. The molecule has 0 aliphatic heterocycles. The van der Waals surface area contributed by atoms with Crippen LogP contribution >= 0.6 is 0 Å². The Balaban J connectivity index is 3.16. The Kier molecular flexibility index (Phi) is 3.95. The molecule has 0 fully saturated rings. The molecule has 0 saturated carbocycles. The molecule has 84 valence electrons. The molecule has 0 aliphatic carbocycles. The van der Waals surface area contributed by atoms with Gasteiger partial charge in [0.25, 0.3) is 0 Å². The first-order valence-electron chi connectivity index (χ1n) is 4.99. The summed E-state index contributed by atoms with van der Waals surface area (Å²) in [6.07, 6.45) is 0.645. The number of ether oxygens (including phenoxy) is 2. The number of hydrogen-bond donors (Lipinski definition) is 0. The summed E-state index contributed by atoms with van der Waals surface area (Å²) in [4.78, 5) is 0. The van der Waals surface area contributed by atoms with Crippen LogP contribution in [0.2, 0.25) is 0 Å². The van der Waals surface area contributed by atoms with Crippen LogP contribution in [0.5, 0.6) is 11.5 Å². The molecule has 0 aromatic heterocycles. The second kappa shape index (κ2) is 5.01. The van der Waals surface area contributed by atoms with Gasteiger partial charge in [-0.05, 0) is 24.5 Å². The summed E-state index contributed by atoms with van der Waals surface area (Å²) in [6, 6.07) is 3.32. The van der Waals surface area contributed by atoms with Crippen molar-refractivity contribution < 1.29 is 13.9 Å². The van der Waals surface area contributed by atoms with Gasteiger partial charge in [0.05, 0.1) is 14.2 Å².